The second-order valence-electron chi connectivity index (χ2n) is 5.36. The fraction of sp³-hybridized carbons (Fsp3) is 0.600. The Hall–Kier alpha value is -1.26. The SMILES string of the molecule is CCC1CCN(CC(O)COc2cccc(N)c2)C1. The van der Waals surface area contributed by atoms with Crippen molar-refractivity contribution in [2.45, 2.75) is 25.9 Å². The highest BCUT2D eigenvalue weighted by atomic mass is 16.5. The summed E-state index contributed by atoms with van der Waals surface area (Å²) in [5.74, 6) is 1.51. The fourth-order valence-electron chi connectivity index (χ4n) is 2.56. The van der Waals surface area contributed by atoms with Gasteiger partial charge in [0.05, 0.1) is 0 Å². The Balaban J connectivity index is 1.71. The molecule has 0 radical (unpaired) electrons. The van der Waals surface area contributed by atoms with Gasteiger partial charge in [0.2, 0.25) is 0 Å². The molecule has 2 rings (SSSR count). The molecule has 1 fully saturated rings. The molecule has 0 saturated carbocycles. The molecule has 2 unspecified atom stereocenters. The van der Waals surface area contributed by atoms with E-state index in [1.54, 1.807) is 6.07 Å². The van der Waals surface area contributed by atoms with E-state index in [-0.39, 0.29) is 0 Å². The molecular formula is C15H24N2O2. The first-order chi connectivity index (χ1) is 9.17. The lowest BCUT2D eigenvalue weighted by atomic mass is 10.1. The van der Waals surface area contributed by atoms with Gasteiger partial charge in [0.15, 0.2) is 0 Å². The normalized spacial score (nSPS) is 21.5. The Bertz CT molecular complexity index is 397. The summed E-state index contributed by atoms with van der Waals surface area (Å²) in [6.07, 6.45) is 2.03. The van der Waals surface area contributed by atoms with Crippen LogP contribution in [0.15, 0.2) is 24.3 Å². The quantitative estimate of drug-likeness (QED) is 0.768. The van der Waals surface area contributed by atoms with E-state index in [1.807, 2.05) is 18.2 Å². The molecule has 1 aliphatic rings. The number of anilines is 1. The van der Waals surface area contributed by atoms with E-state index >= 15 is 0 Å². The number of aliphatic hydroxyl groups is 1. The van der Waals surface area contributed by atoms with Gasteiger partial charge in [-0.15, -0.1) is 0 Å². The van der Waals surface area contributed by atoms with Gasteiger partial charge in [-0.05, 0) is 31.0 Å². The largest absolute Gasteiger partial charge is 0.491 e. The molecule has 3 N–H and O–H groups in total. The van der Waals surface area contributed by atoms with Crippen molar-refractivity contribution in [2.24, 2.45) is 5.92 Å². The van der Waals surface area contributed by atoms with Gasteiger partial charge in [0.1, 0.15) is 18.5 Å². The van der Waals surface area contributed by atoms with E-state index in [1.165, 1.54) is 12.8 Å². The maximum absolute atomic E-state index is 10.0. The number of nitrogens with two attached hydrogens (primary N) is 1. The minimum absolute atomic E-state index is 0.316. The van der Waals surface area contributed by atoms with E-state index in [9.17, 15) is 5.11 Å². The number of ether oxygens (including phenoxy) is 1. The number of likely N-dealkylation sites (tertiary alicyclic amines) is 1. The van der Waals surface area contributed by atoms with E-state index in [0.29, 0.717) is 24.6 Å². The number of hydrogen-bond acceptors (Lipinski definition) is 4. The third-order valence-corrected chi connectivity index (χ3v) is 3.72. The number of aliphatic hydroxyl groups excluding tert-OH is 1. The summed E-state index contributed by atoms with van der Waals surface area (Å²) in [6.45, 7) is 5.43. The third-order valence-electron chi connectivity index (χ3n) is 3.72. The van der Waals surface area contributed by atoms with Crippen LogP contribution in [0.3, 0.4) is 0 Å². The van der Waals surface area contributed by atoms with Crippen LogP contribution < -0.4 is 10.5 Å². The number of hydrogen-bond donors (Lipinski definition) is 2. The van der Waals surface area contributed by atoms with Crippen LogP contribution in [0, 0.1) is 5.92 Å². The van der Waals surface area contributed by atoms with Crippen LogP contribution in [0.1, 0.15) is 19.8 Å². The number of benzene rings is 1. The van der Waals surface area contributed by atoms with Crippen LogP contribution in [0.25, 0.3) is 0 Å². The highest BCUT2D eigenvalue weighted by Gasteiger charge is 2.22. The summed E-state index contributed by atoms with van der Waals surface area (Å²) in [4.78, 5) is 2.32. The molecule has 0 aromatic heterocycles. The zero-order valence-electron chi connectivity index (χ0n) is 11.6. The zero-order valence-corrected chi connectivity index (χ0v) is 11.6. The molecule has 1 aliphatic heterocycles. The van der Waals surface area contributed by atoms with Crippen LogP contribution in [0.4, 0.5) is 5.69 Å². The molecule has 1 heterocycles. The molecule has 19 heavy (non-hydrogen) atoms. The summed E-state index contributed by atoms with van der Waals surface area (Å²) in [7, 11) is 0. The van der Waals surface area contributed by atoms with Crippen LogP contribution >= 0.6 is 0 Å². The van der Waals surface area contributed by atoms with Crippen molar-refractivity contribution in [3.8, 4) is 5.75 Å². The smallest absolute Gasteiger partial charge is 0.121 e. The molecule has 106 valence electrons. The lowest BCUT2D eigenvalue weighted by Gasteiger charge is -2.20. The van der Waals surface area contributed by atoms with Gasteiger partial charge in [-0.25, -0.2) is 0 Å². The zero-order chi connectivity index (χ0) is 13.7. The molecule has 0 amide bonds. The van der Waals surface area contributed by atoms with Crippen LogP contribution in [0.2, 0.25) is 0 Å². The van der Waals surface area contributed by atoms with Crippen LogP contribution in [-0.4, -0.2) is 42.4 Å². The molecule has 1 aromatic rings. The minimum atomic E-state index is -0.447. The van der Waals surface area contributed by atoms with Gasteiger partial charge in [-0.1, -0.05) is 19.4 Å². The Morgan fingerprint density at radius 2 is 2.37 bits per heavy atom. The predicted octanol–water partition coefficient (Wildman–Crippen LogP) is 1.74. The van der Waals surface area contributed by atoms with Gasteiger partial charge in [0, 0.05) is 24.8 Å². The summed E-state index contributed by atoms with van der Waals surface area (Å²) >= 11 is 0. The van der Waals surface area contributed by atoms with Gasteiger partial charge in [-0.2, -0.15) is 0 Å². The van der Waals surface area contributed by atoms with Gasteiger partial charge in [0.25, 0.3) is 0 Å². The van der Waals surface area contributed by atoms with Crippen molar-refractivity contribution in [3.05, 3.63) is 24.3 Å². The van der Waals surface area contributed by atoms with E-state index in [4.69, 9.17) is 10.5 Å². The highest BCUT2D eigenvalue weighted by molar-refractivity contribution is 5.43. The van der Waals surface area contributed by atoms with Crippen molar-refractivity contribution >= 4 is 5.69 Å². The molecule has 0 spiro atoms. The van der Waals surface area contributed by atoms with Crippen molar-refractivity contribution in [1.29, 1.82) is 0 Å². The topological polar surface area (TPSA) is 58.7 Å². The Labute approximate surface area is 115 Å². The lowest BCUT2D eigenvalue weighted by Crippen LogP contribution is -2.34. The summed E-state index contributed by atoms with van der Waals surface area (Å²) in [6, 6.07) is 7.30. The van der Waals surface area contributed by atoms with Crippen LogP contribution in [0.5, 0.6) is 5.75 Å². The number of nitrogen functional groups attached to an aromatic ring is 1. The van der Waals surface area contributed by atoms with Gasteiger partial charge < -0.3 is 20.5 Å². The summed E-state index contributed by atoms with van der Waals surface area (Å²) in [5, 5.41) is 10.0. The predicted molar refractivity (Wildman–Crippen MR) is 77.2 cm³/mol. The first kappa shape index (κ1) is 14.2. The molecule has 4 heteroatoms. The maximum atomic E-state index is 10.0. The first-order valence-electron chi connectivity index (χ1n) is 7.06. The maximum Gasteiger partial charge on any atom is 0.121 e. The molecule has 1 saturated heterocycles. The minimum Gasteiger partial charge on any atom is -0.491 e. The molecular weight excluding hydrogens is 240 g/mol. The molecule has 1 aromatic carbocycles. The van der Waals surface area contributed by atoms with Crippen molar-refractivity contribution in [3.63, 3.8) is 0 Å². The Kier molecular flexibility index (Phi) is 5.05. The molecule has 4 nitrogen and oxygen atoms in total. The van der Waals surface area contributed by atoms with Gasteiger partial charge in [-0.3, -0.25) is 0 Å². The summed E-state index contributed by atoms with van der Waals surface area (Å²) < 4.78 is 5.56. The van der Waals surface area contributed by atoms with Crippen LogP contribution in [-0.2, 0) is 0 Å². The standard InChI is InChI=1S/C15H24N2O2/c1-2-12-6-7-17(9-12)10-14(18)11-19-15-5-3-4-13(16)8-15/h3-5,8,12,14,18H,2,6-7,9-11,16H2,1H3. The lowest BCUT2D eigenvalue weighted by molar-refractivity contribution is 0.0747. The average Bonchev–Trinajstić information content (AvgIpc) is 2.84. The second-order valence-corrected chi connectivity index (χ2v) is 5.36. The molecule has 0 bridgehead atoms. The summed E-state index contributed by atoms with van der Waals surface area (Å²) in [5.41, 5.74) is 6.35. The molecule has 2 atom stereocenters. The van der Waals surface area contributed by atoms with Crippen molar-refractivity contribution in [2.75, 3.05) is 32.0 Å². The highest BCUT2D eigenvalue weighted by Crippen LogP contribution is 2.19. The van der Waals surface area contributed by atoms with Gasteiger partial charge >= 0.3 is 0 Å². The van der Waals surface area contributed by atoms with Crippen molar-refractivity contribution in [1.82, 2.24) is 4.90 Å². The second kappa shape index (κ2) is 6.78. The fourth-order valence-corrected chi connectivity index (χ4v) is 2.56. The Morgan fingerprint density at radius 3 is 3.05 bits per heavy atom. The Morgan fingerprint density at radius 1 is 1.53 bits per heavy atom. The first-order valence-corrected chi connectivity index (χ1v) is 7.06. The molecule has 0 aliphatic carbocycles. The number of rotatable bonds is 6. The van der Waals surface area contributed by atoms with E-state index < -0.39 is 6.10 Å². The van der Waals surface area contributed by atoms with Crippen molar-refractivity contribution < 1.29 is 9.84 Å². The van der Waals surface area contributed by atoms with E-state index in [2.05, 4.69) is 11.8 Å². The average molecular weight is 264 g/mol. The monoisotopic (exact) mass is 264 g/mol. The number of β-amino-alcohol motifs (C(OH)–C–C–N with tert-alkyl or cyclic N) is 1. The third kappa shape index (κ3) is 4.40. The van der Waals surface area contributed by atoms with E-state index in [0.717, 1.165) is 19.0 Å². The number of nitrogens with zero attached hydrogens (tertiary/aromatic N) is 1.